The summed E-state index contributed by atoms with van der Waals surface area (Å²) in [5, 5.41) is 0. The molecule has 1 aliphatic rings. The molecule has 0 fully saturated rings. The zero-order valence-electron chi connectivity index (χ0n) is 8.55. The van der Waals surface area contributed by atoms with E-state index >= 15 is 0 Å². The molecule has 0 N–H and O–H groups in total. The van der Waals surface area contributed by atoms with Gasteiger partial charge in [0.1, 0.15) is 0 Å². The Morgan fingerprint density at radius 3 is 2.33 bits per heavy atom. The average Bonchev–Trinajstić information content (AvgIpc) is 2.56. The molecule has 1 rings (SSSR count). The molecule has 1 aliphatic carbocycles. The first kappa shape index (κ1) is 9.83. The van der Waals surface area contributed by atoms with Gasteiger partial charge in [0.25, 0.3) is 0 Å². The van der Waals surface area contributed by atoms with Crippen molar-refractivity contribution in [2.45, 2.75) is 52.4 Å². The Labute approximate surface area is 77.1 Å². The van der Waals surface area contributed by atoms with Crippen LogP contribution in [-0.4, -0.2) is 0 Å². The molecule has 0 radical (unpaired) electrons. The lowest BCUT2D eigenvalue weighted by molar-refractivity contribution is 0.336. The highest BCUT2D eigenvalue weighted by molar-refractivity contribution is 4.98. The maximum Gasteiger partial charge on any atom is -0.0202 e. The van der Waals surface area contributed by atoms with Crippen molar-refractivity contribution >= 4 is 0 Å². The highest BCUT2D eigenvalue weighted by Gasteiger charge is 2.19. The van der Waals surface area contributed by atoms with Crippen molar-refractivity contribution in [2.75, 3.05) is 0 Å². The van der Waals surface area contributed by atoms with Gasteiger partial charge in [0.15, 0.2) is 0 Å². The summed E-state index contributed by atoms with van der Waals surface area (Å²) in [5.74, 6) is 1.91. The predicted molar refractivity (Wildman–Crippen MR) is 55.2 cm³/mol. The van der Waals surface area contributed by atoms with Crippen molar-refractivity contribution in [1.82, 2.24) is 0 Å². The van der Waals surface area contributed by atoms with Gasteiger partial charge >= 0.3 is 0 Å². The van der Waals surface area contributed by atoms with Crippen LogP contribution in [0.1, 0.15) is 52.4 Å². The Bertz CT molecular complexity index is 129. The lowest BCUT2D eigenvalue weighted by Gasteiger charge is -2.20. The minimum Gasteiger partial charge on any atom is -0.0882 e. The van der Waals surface area contributed by atoms with Crippen molar-refractivity contribution in [2.24, 2.45) is 11.8 Å². The smallest absolute Gasteiger partial charge is 0.0202 e. The third-order valence-electron chi connectivity index (χ3n) is 2.97. The molecule has 0 heteroatoms. The van der Waals surface area contributed by atoms with Crippen LogP contribution in [0.4, 0.5) is 0 Å². The second kappa shape index (κ2) is 5.40. The van der Waals surface area contributed by atoms with E-state index in [1.54, 1.807) is 0 Å². The molecule has 0 aromatic heterocycles. The van der Waals surface area contributed by atoms with Crippen molar-refractivity contribution in [3.05, 3.63) is 12.2 Å². The highest BCUT2D eigenvalue weighted by atomic mass is 14.2. The quantitative estimate of drug-likeness (QED) is 0.538. The summed E-state index contributed by atoms with van der Waals surface area (Å²) in [6.45, 7) is 4.61. The van der Waals surface area contributed by atoms with Gasteiger partial charge in [0.2, 0.25) is 0 Å². The molecule has 0 saturated heterocycles. The van der Waals surface area contributed by atoms with Crippen LogP contribution in [0.5, 0.6) is 0 Å². The van der Waals surface area contributed by atoms with Gasteiger partial charge in [0.05, 0.1) is 0 Å². The Kier molecular flexibility index (Phi) is 4.42. The van der Waals surface area contributed by atoms with E-state index < -0.39 is 0 Å². The van der Waals surface area contributed by atoms with E-state index in [0.717, 1.165) is 11.8 Å². The van der Waals surface area contributed by atoms with Gasteiger partial charge in [-0.15, -0.1) is 0 Å². The average molecular weight is 166 g/mol. The molecule has 1 unspecified atom stereocenters. The molecule has 0 amide bonds. The SMILES string of the molecule is CCCC(CCC)C1C=CCC1. The fraction of sp³-hybridized carbons (Fsp3) is 0.833. The summed E-state index contributed by atoms with van der Waals surface area (Å²) >= 11 is 0. The Balaban J connectivity index is 2.34. The second-order valence-electron chi connectivity index (χ2n) is 4.01. The van der Waals surface area contributed by atoms with Gasteiger partial charge in [0, 0.05) is 0 Å². The molecular formula is C12H22. The summed E-state index contributed by atoms with van der Waals surface area (Å²) in [4.78, 5) is 0. The minimum atomic E-state index is 0.921. The Hall–Kier alpha value is -0.260. The van der Waals surface area contributed by atoms with E-state index in [1.165, 1.54) is 38.5 Å². The van der Waals surface area contributed by atoms with Crippen LogP contribution in [0.3, 0.4) is 0 Å². The zero-order chi connectivity index (χ0) is 8.81. The first-order chi connectivity index (χ1) is 5.88. The van der Waals surface area contributed by atoms with Crippen molar-refractivity contribution in [1.29, 1.82) is 0 Å². The zero-order valence-corrected chi connectivity index (χ0v) is 8.55. The molecule has 0 saturated carbocycles. The minimum absolute atomic E-state index is 0.921. The number of hydrogen-bond donors (Lipinski definition) is 0. The number of allylic oxidation sites excluding steroid dienone is 2. The lowest BCUT2D eigenvalue weighted by atomic mass is 9.85. The maximum absolute atomic E-state index is 2.45. The molecule has 12 heavy (non-hydrogen) atoms. The molecule has 0 nitrogen and oxygen atoms in total. The first-order valence-corrected chi connectivity index (χ1v) is 5.55. The Morgan fingerprint density at radius 2 is 1.92 bits per heavy atom. The molecule has 1 atom stereocenters. The Morgan fingerprint density at radius 1 is 1.25 bits per heavy atom. The van der Waals surface area contributed by atoms with E-state index in [1.807, 2.05) is 0 Å². The van der Waals surface area contributed by atoms with Gasteiger partial charge in [-0.05, 0) is 24.7 Å². The third kappa shape index (κ3) is 2.66. The fourth-order valence-corrected chi connectivity index (χ4v) is 2.36. The van der Waals surface area contributed by atoms with E-state index in [2.05, 4.69) is 26.0 Å². The molecular weight excluding hydrogens is 144 g/mol. The largest absolute Gasteiger partial charge is 0.0882 e. The molecule has 0 spiro atoms. The summed E-state index contributed by atoms with van der Waals surface area (Å²) in [7, 11) is 0. The van der Waals surface area contributed by atoms with E-state index in [0.29, 0.717) is 0 Å². The maximum atomic E-state index is 2.45. The van der Waals surface area contributed by atoms with Gasteiger partial charge < -0.3 is 0 Å². The highest BCUT2D eigenvalue weighted by Crippen LogP contribution is 2.31. The van der Waals surface area contributed by atoms with Crippen molar-refractivity contribution in [3.8, 4) is 0 Å². The van der Waals surface area contributed by atoms with Crippen LogP contribution < -0.4 is 0 Å². The van der Waals surface area contributed by atoms with E-state index in [9.17, 15) is 0 Å². The van der Waals surface area contributed by atoms with Crippen molar-refractivity contribution in [3.63, 3.8) is 0 Å². The molecule has 0 aromatic rings. The van der Waals surface area contributed by atoms with Gasteiger partial charge in [-0.1, -0.05) is 51.7 Å². The molecule has 0 aromatic carbocycles. The fourth-order valence-electron chi connectivity index (χ4n) is 2.36. The number of hydrogen-bond acceptors (Lipinski definition) is 0. The lowest BCUT2D eigenvalue weighted by Crippen LogP contribution is -2.10. The summed E-state index contributed by atoms with van der Waals surface area (Å²) in [6.07, 6.45) is 13.1. The molecule has 0 aliphatic heterocycles. The van der Waals surface area contributed by atoms with Crippen LogP contribution in [0.15, 0.2) is 12.2 Å². The van der Waals surface area contributed by atoms with Gasteiger partial charge in [-0.25, -0.2) is 0 Å². The van der Waals surface area contributed by atoms with Gasteiger partial charge in [-0.3, -0.25) is 0 Å². The van der Waals surface area contributed by atoms with Crippen molar-refractivity contribution < 1.29 is 0 Å². The first-order valence-electron chi connectivity index (χ1n) is 5.55. The van der Waals surface area contributed by atoms with E-state index in [4.69, 9.17) is 0 Å². The summed E-state index contributed by atoms with van der Waals surface area (Å²) in [6, 6.07) is 0. The molecule has 0 heterocycles. The normalized spacial score (nSPS) is 22.4. The standard InChI is InChI=1S/C12H22/c1-3-7-11(8-4-2)12-9-5-6-10-12/h5,9,11-12H,3-4,6-8,10H2,1-2H3. The molecule has 70 valence electrons. The van der Waals surface area contributed by atoms with Crippen LogP contribution in [0.25, 0.3) is 0 Å². The van der Waals surface area contributed by atoms with E-state index in [-0.39, 0.29) is 0 Å². The summed E-state index contributed by atoms with van der Waals surface area (Å²) in [5.41, 5.74) is 0. The van der Waals surface area contributed by atoms with Crippen LogP contribution in [-0.2, 0) is 0 Å². The van der Waals surface area contributed by atoms with Gasteiger partial charge in [-0.2, -0.15) is 0 Å². The van der Waals surface area contributed by atoms with Crippen LogP contribution >= 0.6 is 0 Å². The molecule has 0 bridgehead atoms. The third-order valence-corrected chi connectivity index (χ3v) is 2.97. The van der Waals surface area contributed by atoms with Crippen LogP contribution in [0, 0.1) is 11.8 Å². The second-order valence-corrected chi connectivity index (χ2v) is 4.01. The summed E-state index contributed by atoms with van der Waals surface area (Å²) < 4.78 is 0. The van der Waals surface area contributed by atoms with Crippen LogP contribution in [0.2, 0.25) is 0 Å². The predicted octanol–water partition coefficient (Wildman–Crippen LogP) is 4.17. The topological polar surface area (TPSA) is 0 Å². The number of rotatable bonds is 5. The monoisotopic (exact) mass is 166 g/mol.